The molecule has 0 amide bonds. The molecule has 0 saturated carbocycles. The normalized spacial score (nSPS) is 49.3. The lowest BCUT2D eigenvalue weighted by molar-refractivity contribution is -0.357. The average Bonchev–Trinajstić information content (AvgIpc) is 2.20. The lowest BCUT2D eigenvalue weighted by Crippen LogP contribution is -2.66. The van der Waals surface area contributed by atoms with Crippen LogP contribution in [0, 0.1) is 0 Å². The van der Waals surface area contributed by atoms with E-state index in [4.69, 9.17) is 10.2 Å². The second-order valence-corrected chi connectivity index (χ2v) is 3.27. The Balaban J connectivity index is 2.84. The largest absolute Gasteiger partial charge is 0.394 e. The van der Waals surface area contributed by atoms with E-state index in [1.165, 1.54) is 0 Å². The molecule has 0 aromatic carbocycles. The SMILES string of the molecule is OC[C@H]1OC(O)(CO)[C@H](O)[C@@H](O)[C@H]1O. The van der Waals surface area contributed by atoms with Gasteiger partial charge in [-0.25, -0.2) is 0 Å². The van der Waals surface area contributed by atoms with Crippen LogP contribution in [0.2, 0.25) is 0 Å². The number of aliphatic hydroxyl groups is 6. The Kier molecular flexibility index (Phi) is 3.43. The van der Waals surface area contributed by atoms with Crippen molar-refractivity contribution in [3.63, 3.8) is 0 Å². The molecule has 0 spiro atoms. The zero-order valence-corrected chi connectivity index (χ0v) is 7.32. The summed E-state index contributed by atoms with van der Waals surface area (Å²) in [4.78, 5) is 0. The molecular weight excluding hydrogens is 196 g/mol. The van der Waals surface area contributed by atoms with Gasteiger partial charge in [0.15, 0.2) is 0 Å². The van der Waals surface area contributed by atoms with Crippen LogP contribution in [0.5, 0.6) is 0 Å². The molecule has 1 saturated heterocycles. The van der Waals surface area contributed by atoms with Crippen molar-refractivity contribution in [3.8, 4) is 0 Å². The van der Waals surface area contributed by atoms with Crippen LogP contribution >= 0.6 is 0 Å². The van der Waals surface area contributed by atoms with Crippen molar-refractivity contribution < 1.29 is 35.4 Å². The second kappa shape index (κ2) is 4.07. The van der Waals surface area contributed by atoms with Crippen LogP contribution in [-0.4, -0.2) is 74.1 Å². The molecule has 6 N–H and O–H groups in total. The second-order valence-electron chi connectivity index (χ2n) is 3.27. The molecule has 0 aliphatic carbocycles. The van der Waals surface area contributed by atoms with Gasteiger partial charge in [0.05, 0.1) is 13.2 Å². The van der Waals surface area contributed by atoms with Crippen LogP contribution in [-0.2, 0) is 4.74 Å². The maximum absolute atomic E-state index is 9.43. The van der Waals surface area contributed by atoms with E-state index in [1.54, 1.807) is 0 Å². The van der Waals surface area contributed by atoms with E-state index >= 15 is 0 Å². The van der Waals surface area contributed by atoms with E-state index in [1.807, 2.05) is 0 Å². The highest BCUT2D eigenvalue weighted by molar-refractivity contribution is 4.95. The van der Waals surface area contributed by atoms with Crippen molar-refractivity contribution in [1.29, 1.82) is 0 Å². The van der Waals surface area contributed by atoms with Crippen molar-refractivity contribution in [2.75, 3.05) is 13.2 Å². The summed E-state index contributed by atoms with van der Waals surface area (Å²) in [5, 5.41) is 54.6. The van der Waals surface area contributed by atoms with E-state index in [0.717, 1.165) is 0 Å². The maximum Gasteiger partial charge on any atom is 0.219 e. The van der Waals surface area contributed by atoms with E-state index in [-0.39, 0.29) is 0 Å². The molecule has 0 aromatic heterocycles. The highest BCUT2D eigenvalue weighted by Gasteiger charge is 2.52. The van der Waals surface area contributed by atoms with Gasteiger partial charge in [-0.05, 0) is 0 Å². The average molecular weight is 210 g/mol. The summed E-state index contributed by atoms with van der Waals surface area (Å²) < 4.78 is 4.66. The Bertz CT molecular complexity index is 196. The van der Waals surface area contributed by atoms with Gasteiger partial charge in [-0.1, -0.05) is 0 Å². The standard InChI is InChI=1S/C7H14O7/c8-1-3-4(10)5(11)6(12)7(13,2-9)14-3/h3-6,8-13H,1-2H2/t3-,4+,5+,6-,7?/m1/s1. The number of ether oxygens (including phenoxy) is 1. The van der Waals surface area contributed by atoms with Gasteiger partial charge >= 0.3 is 0 Å². The topological polar surface area (TPSA) is 131 Å². The fraction of sp³-hybridized carbons (Fsp3) is 1.00. The van der Waals surface area contributed by atoms with Gasteiger partial charge in [0.2, 0.25) is 5.79 Å². The predicted octanol–water partition coefficient (Wildman–Crippen LogP) is -3.86. The number of rotatable bonds is 2. The Hall–Kier alpha value is -0.280. The molecule has 5 atom stereocenters. The zero-order valence-electron chi connectivity index (χ0n) is 7.32. The minimum Gasteiger partial charge on any atom is -0.394 e. The highest BCUT2D eigenvalue weighted by atomic mass is 16.7. The monoisotopic (exact) mass is 210 g/mol. The van der Waals surface area contributed by atoms with E-state index in [0.29, 0.717) is 0 Å². The molecule has 1 fully saturated rings. The van der Waals surface area contributed by atoms with Crippen molar-refractivity contribution in [2.45, 2.75) is 30.2 Å². The van der Waals surface area contributed by atoms with Crippen LogP contribution in [0.3, 0.4) is 0 Å². The quantitative estimate of drug-likeness (QED) is 0.275. The van der Waals surface area contributed by atoms with Crippen LogP contribution in [0.1, 0.15) is 0 Å². The Morgan fingerprint density at radius 3 is 2.07 bits per heavy atom. The minimum atomic E-state index is -2.36. The third kappa shape index (κ3) is 1.75. The molecule has 84 valence electrons. The first kappa shape index (κ1) is 11.8. The molecule has 0 radical (unpaired) electrons. The molecule has 0 bridgehead atoms. The third-order valence-electron chi connectivity index (χ3n) is 2.28. The van der Waals surface area contributed by atoms with Crippen molar-refractivity contribution in [1.82, 2.24) is 0 Å². The first-order valence-electron chi connectivity index (χ1n) is 4.12. The van der Waals surface area contributed by atoms with Gasteiger partial charge in [-0.2, -0.15) is 0 Å². The van der Waals surface area contributed by atoms with Crippen LogP contribution < -0.4 is 0 Å². The van der Waals surface area contributed by atoms with Crippen molar-refractivity contribution in [3.05, 3.63) is 0 Å². The Morgan fingerprint density at radius 2 is 1.64 bits per heavy atom. The molecule has 7 nitrogen and oxygen atoms in total. The van der Waals surface area contributed by atoms with Crippen LogP contribution in [0.15, 0.2) is 0 Å². The number of aliphatic hydroxyl groups excluding tert-OH is 5. The van der Waals surface area contributed by atoms with E-state index in [2.05, 4.69) is 4.74 Å². The predicted molar refractivity (Wildman–Crippen MR) is 42.0 cm³/mol. The summed E-state index contributed by atoms with van der Waals surface area (Å²) in [6.45, 7) is -1.60. The maximum atomic E-state index is 9.43. The molecule has 1 rings (SSSR count). The van der Waals surface area contributed by atoms with E-state index < -0.39 is 43.4 Å². The smallest absolute Gasteiger partial charge is 0.219 e. The number of hydrogen-bond acceptors (Lipinski definition) is 7. The van der Waals surface area contributed by atoms with Gasteiger partial charge in [0.25, 0.3) is 0 Å². The first-order chi connectivity index (χ1) is 6.46. The van der Waals surface area contributed by atoms with E-state index in [9.17, 15) is 20.4 Å². The lowest BCUT2D eigenvalue weighted by Gasteiger charge is -2.44. The molecule has 0 aromatic rings. The van der Waals surface area contributed by atoms with Gasteiger partial charge in [-0.15, -0.1) is 0 Å². The third-order valence-corrected chi connectivity index (χ3v) is 2.28. The molecular formula is C7H14O7. The molecule has 1 unspecified atom stereocenters. The minimum absolute atomic E-state index is 0.646. The van der Waals surface area contributed by atoms with Gasteiger partial charge in [0.1, 0.15) is 24.4 Å². The zero-order chi connectivity index (χ0) is 10.9. The summed E-state index contributed by atoms with van der Waals surface area (Å²) in [5.41, 5.74) is 0. The van der Waals surface area contributed by atoms with Gasteiger partial charge in [0, 0.05) is 0 Å². The Morgan fingerprint density at radius 1 is 1.07 bits per heavy atom. The van der Waals surface area contributed by atoms with Crippen molar-refractivity contribution >= 4 is 0 Å². The van der Waals surface area contributed by atoms with Crippen molar-refractivity contribution in [2.24, 2.45) is 0 Å². The van der Waals surface area contributed by atoms with Gasteiger partial charge in [-0.3, -0.25) is 0 Å². The fourth-order valence-electron chi connectivity index (χ4n) is 1.35. The molecule has 14 heavy (non-hydrogen) atoms. The fourth-order valence-corrected chi connectivity index (χ4v) is 1.35. The molecule has 7 heteroatoms. The van der Waals surface area contributed by atoms with Gasteiger partial charge < -0.3 is 35.4 Å². The Labute approximate surface area is 79.8 Å². The first-order valence-corrected chi connectivity index (χ1v) is 4.12. The summed E-state index contributed by atoms with van der Waals surface area (Å²) in [5.74, 6) is -2.36. The summed E-state index contributed by atoms with van der Waals surface area (Å²) in [6, 6.07) is 0. The lowest BCUT2D eigenvalue weighted by atomic mass is 9.93. The summed E-state index contributed by atoms with van der Waals surface area (Å²) in [6.07, 6.45) is -6.27. The molecule has 1 aliphatic heterocycles. The highest BCUT2D eigenvalue weighted by Crippen LogP contribution is 2.27. The van der Waals surface area contributed by atoms with Crippen LogP contribution in [0.4, 0.5) is 0 Å². The molecule has 1 aliphatic rings. The van der Waals surface area contributed by atoms with Crippen LogP contribution in [0.25, 0.3) is 0 Å². The summed E-state index contributed by atoms with van der Waals surface area (Å²) >= 11 is 0. The number of hydrogen-bond donors (Lipinski definition) is 6. The summed E-state index contributed by atoms with van der Waals surface area (Å²) in [7, 11) is 0. The molecule has 1 heterocycles.